The smallest absolute Gasteiger partial charge is 0.320 e. The minimum Gasteiger partial charge on any atom is -0.357 e. The molecule has 1 aromatic heterocycles. The number of carbonyl (C=O) groups excluding carboxylic acids is 1. The van der Waals surface area contributed by atoms with E-state index < -0.39 is 0 Å². The molecule has 1 aromatic rings. The van der Waals surface area contributed by atoms with Crippen LogP contribution in [0, 0.1) is 11.3 Å². The fourth-order valence-corrected chi connectivity index (χ4v) is 4.04. The third-order valence-corrected chi connectivity index (χ3v) is 5.49. The first-order chi connectivity index (χ1) is 10.7. The third kappa shape index (κ3) is 2.99. The second-order valence-corrected chi connectivity index (χ2v) is 6.68. The summed E-state index contributed by atoms with van der Waals surface area (Å²) < 4.78 is 4.04. The molecular weight excluding hydrogens is 322 g/mol. The van der Waals surface area contributed by atoms with Crippen LogP contribution in [0.15, 0.2) is 0 Å². The zero-order chi connectivity index (χ0) is 15.5. The van der Waals surface area contributed by atoms with Crippen molar-refractivity contribution in [2.45, 2.75) is 19.3 Å². The van der Waals surface area contributed by atoms with Gasteiger partial charge in [0.25, 0.3) is 0 Å². The summed E-state index contributed by atoms with van der Waals surface area (Å²) in [5.41, 5.74) is 0.447. The molecule has 0 atom stereocenters. The number of anilines is 1. The van der Waals surface area contributed by atoms with Gasteiger partial charge >= 0.3 is 6.03 Å². The molecule has 2 amide bonds. The number of nitriles is 1. The van der Waals surface area contributed by atoms with Crippen molar-refractivity contribution in [3.8, 4) is 6.07 Å². The Balaban J connectivity index is 1.60. The summed E-state index contributed by atoms with van der Waals surface area (Å²) in [5, 5.41) is 10.3. The van der Waals surface area contributed by atoms with E-state index in [0.29, 0.717) is 31.7 Å². The molecule has 2 fully saturated rings. The van der Waals surface area contributed by atoms with Crippen LogP contribution in [-0.2, 0) is 0 Å². The summed E-state index contributed by atoms with van der Waals surface area (Å²) in [4.78, 5) is 18.4. The first-order valence-corrected chi connectivity index (χ1v) is 8.70. The van der Waals surface area contributed by atoms with E-state index in [0.717, 1.165) is 30.9 Å². The predicted octanol–water partition coefficient (Wildman–Crippen LogP) is 2.40. The number of amides is 2. The summed E-state index contributed by atoms with van der Waals surface area (Å²) in [5.74, 6) is 0. The van der Waals surface area contributed by atoms with Crippen molar-refractivity contribution >= 4 is 34.2 Å². The van der Waals surface area contributed by atoms with Crippen LogP contribution in [-0.4, -0.2) is 59.5 Å². The maximum atomic E-state index is 12.5. The number of rotatable bonds is 1. The fourth-order valence-electron chi connectivity index (χ4n) is 2.96. The standard InChI is InChI=1S/C14H18ClN5OS/c15-12-11(10-16)13(22-17-12)18-6-8-20(9-7-18)14(21)19-4-2-1-3-5-19/h1-9H2. The molecule has 118 valence electrons. The summed E-state index contributed by atoms with van der Waals surface area (Å²) in [7, 11) is 0. The number of hydrogen-bond acceptors (Lipinski definition) is 5. The zero-order valence-electron chi connectivity index (χ0n) is 12.3. The molecule has 0 bridgehead atoms. The highest BCUT2D eigenvalue weighted by molar-refractivity contribution is 7.10. The van der Waals surface area contributed by atoms with Crippen molar-refractivity contribution in [2.24, 2.45) is 0 Å². The number of piperidine rings is 1. The lowest BCUT2D eigenvalue weighted by Gasteiger charge is -2.38. The molecule has 0 N–H and O–H groups in total. The van der Waals surface area contributed by atoms with E-state index in [2.05, 4.69) is 15.3 Å². The molecule has 0 aliphatic carbocycles. The Morgan fingerprint density at radius 2 is 1.73 bits per heavy atom. The van der Waals surface area contributed by atoms with Crippen LogP contribution >= 0.6 is 23.1 Å². The van der Waals surface area contributed by atoms with Gasteiger partial charge in [0, 0.05) is 39.3 Å². The van der Waals surface area contributed by atoms with Crippen molar-refractivity contribution < 1.29 is 4.79 Å². The number of halogens is 1. The van der Waals surface area contributed by atoms with E-state index in [1.165, 1.54) is 18.0 Å². The van der Waals surface area contributed by atoms with Gasteiger partial charge in [-0.15, -0.1) is 0 Å². The minimum atomic E-state index is 0.155. The number of likely N-dealkylation sites (tertiary alicyclic amines) is 1. The molecule has 3 heterocycles. The fraction of sp³-hybridized carbons (Fsp3) is 0.643. The van der Waals surface area contributed by atoms with Gasteiger partial charge in [-0.05, 0) is 30.8 Å². The van der Waals surface area contributed by atoms with E-state index in [-0.39, 0.29) is 11.2 Å². The Kier molecular flexibility index (Phi) is 4.69. The number of hydrogen-bond donors (Lipinski definition) is 0. The van der Waals surface area contributed by atoms with Gasteiger partial charge in [-0.25, -0.2) is 4.79 Å². The van der Waals surface area contributed by atoms with Crippen molar-refractivity contribution in [1.82, 2.24) is 14.2 Å². The van der Waals surface area contributed by atoms with E-state index in [9.17, 15) is 4.79 Å². The molecule has 8 heteroatoms. The van der Waals surface area contributed by atoms with Crippen molar-refractivity contribution in [3.63, 3.8) is 0 Å². The zero-order valence-corrected chi connectivity index (χ0v) is 13.9. The SMILES string of the molecule is N#Cc1c(Cl)nsc1N1CCN(C(=O)N2CCCCC2)CC1. The molecule has 2 aliphatic heterocycles. The Labute approximate surface area is 139 Å². The van der Waals surface area contributed by atoms with Crippen LogP contribution in [0.5, 0.6) is 0 Å². The van der Waals surface area contributed by atoms with Crippen molar-refractivity contribution in [2.75, 3.05) is 44.2 Å². The summed E-state index contributed by atoms with van der Waals surface area (Å²) in [6.45, 7) is 4.54. The average Bonchev–Trinajstić information content (AvgIpc) is 2.96. The summed E-state index contributed by atoms with van der Waals surface area (Å²) in [6, 6.07) is 2.27. The van der Waals surface area contributed by atoms with Crippen molar-refractivity contribution in [3.05, 3.63) is 10.7 Å². The maximum Gasteiger partial charge on any atom is 0.320 e. The Morgan fingerprint density at radius 1 is 1.09 bits per heavy atom. The topological polar surface area (TPSA) is 63.5 Å². The molecule has 0 aromatic carbocycles. The molecule has 3 rings (SSSR count). The third-order valence-electron chi connectivity index (χ3n) is 4.21. The highest BCUT2D eigenvalue weighted by Gasteiger charge is 2.28. The molecule has 22 heavy (non-hydrogen) atoms. The number of carbonyl (C=O) groups is 1. The largest absolute Gasteiger partial charge is 0.357 e. The van der Waals surface area contributed by atoms with E-state index in [1.54, 1.807) is 0 Å². The Hall–Kier alpha value is -1.52. The normalized spacial score (nSPS) is 19.2. The van der Waals surface area contributed by atoms with Crippen molar-refractivity contribution in [1.29, 1.82) is 5.26 Å². The highest BCUT2D eigenvalue weighted by Crippen LogP contribution is 2.31. The van der Waals surface area contributed by atoms with Gasteiger partial charge in [-0.1, -0.05) is 11.6 Å². The molecule has 0 saturated carbocycles. The number of nitrogens with zero attached hydrogens (tertiary/aromatic N) is 5. The Bertz CT molecular complexity index is 585. The molecule has 0 radical (unpaired) electrons. The first kappa shape index (κ1) is 15.4. The van der Waals surface area contributed by atoms with Gasteiger partial charge in [-0.2, -0.15) is 9.64 Å². The van der Waals surface area contributed by atoms with E-state index in [4.69, 9.17) is 16.9 Å². The second-order valence-electron chi connectivity index (χ2n) is 5.57. The molecule has 0 unspecified atom stereocenters. The highest BCUT2D eigenvalue weighted by atomic mass is 35.5. The lowest BCUT2D eigenvalue weighted by Crippen LogP contribution is -2.53. The van der Waals surface area contributed by atoms with Gasteiger partial charge < -0.3 is 14.7 Å². The monoisotopic (exact) mass is 339 g/mol. The molecule has 0 spiro atoms. The molecular formula is C14H18ClN5OS. The number of piperazine rings is 1. The minimum absolute atomic E-state index is 0.155. The number of aromatic nitrogens is 1. The first-order valence-electron chi connectivity index (χ1n) is 7.55. The van der Waals surface area contributed by atoms with E-state index in [1.807, 2.05) is 9.80 Å². The second kappa shape index (κ2) is 6.71. The van der Waals surface area contributed by atoms with Gasteiger partial charge in [0.1, 0.15) is 16.6 Å². The lowest BCUT2D eigenvalue weighted by molar-refractivity contribution is 0.141. The molecule has 6 nitrogen and oxygen atoms in total. The van der Waals surface area contributed by atoms with Crippen LogP contribution in [0.3, 0.4) is 0 Å². The van der Waals surface area contributed by atoms with Crippen LogP contribution < -0.4 is 4.90 Å². The quantitative estimate of drug-likeness (QED) is 0.788. The summed E-state index contributed by atoms with van der Waals surface area (Å²) in [6.07, 6.45) is 3.44. The molecule has 2 saturated heterocycles. The average molecular weight is 340 g/mol. The van der Waals surface area contributed by atoms with Crippen LogP contribution in [0.2, 0.25) is 5.15 Å². The molecule has 2 aliphatic rings. The van der Waals surface area contributed by atoms with Gasteiger partial charge in [-0.3, -0.25) is 0 Å². The Morgan fingerprint density at radius 3 is 2.36 bits per heavy atom. The van der Waals surface area contributed by atoms with Gasteiger partial charge in [0.05, 0.1) is 0 Å². The maximum absolute atomic E-state index is 12.5. The van der Waals surface area contributed by atoms with Gasteiger partial charge in [0.2, 0.25) is 0 Å². The van der Waals surface area contributed by atoms with Crippen LogP contribution in [0.25, 0.3) is 0 Å². The van der Waals surface area contributed by atoms with Gasteiger partial charge in [0.15, 0.2) is 5.15 Å². The van der Waals surface area contributed by atoms with E-state index >= 15 is 0 Å². The van der Waals surface area contributed by atoms with Crippen LogP contribution in [0.1, 0.15) is 24.8 Å². The van der Waals surface area contributed by atoms with Crippen LogP contribution in [0.4, 0.5) is 9.80 Å². The number of urea groups is 1. The lowest BCUT2D eigenvalue weighted by atomic mass is 10.1. The summed E-state index contributed by atoms with van der Waals surface area (Å²) >= 11 is 7.18. The predicted molar refractivity (Wildman–Crippen MR) is 86.4 cm³/mol.